The van der Waals surface area contributed by atoms with Gasteiger partial charge in [0.2, 0.25) is 0 Å². The van der Waals surface area contributed by atoms with Gasteiger partial charge >= 0.3 is 21.1 Å². The molecule has 9 rings (SSSR count). The molecule has 0 aliphatic rings. The number of benzene rings is 4. The Morgan fingerprint density at radius 3 is 2.17 bits per heavy atom. The van der Waals surface area contributed by atoms with Gasteiger partial charge in [-0.05, 0) is 40.6 Å². The van der Waals surface area contributed by atoms with Crippen LogP contribution in [0.25, 0.3) is 66.3 Å². The molecule has 0 spiro atoms. The first-order valence-electron chi connectivity index (χ1n) is 15.7. The van der Waals surface area contributed by atoms with Crippen molar-refractivity contribution in [2.75, 3.05) is 0 Å². The van der Waals surface area contributed by atoms with Crippen molar-refractivity contribution in [3.63, 3.8) is 0 Å². The number of aromatic nitrogens is 5. The molecule has 234 valence electrons. The van der Waals surface area contributed by atoms with Crippen LogP contribution in [0.4, 0.5) is 0 Å². The third-order valence-electron chi connectivity index (χ3n) is 8.83. The van der Waals surface area contributed by atoms with E-state index >= 15 is 0 Å². The summed E-state index contributed by atoms with van der Waals surface area (Å²) in [5.41, 5.74) is 7.64. The van der Waals surface area contributed by atoms with Crippen LogP contribution in [0.1, 0.15) is 26.3 Å². The molecule has 0 radical (unpaired) electrons. The molecule has 0 saturated heterocycles. The summed E-state index contributed by atoms with van der Waals surface area (Å²) < 4.78 is 10.7. The van der Waals surface area contributed by atoms with Gasteiger partial charge in [-0.2, -0.15) is 6.07 Å². The van der Waals surface area contributed by atoms with E-state index in [1.807, 2.05) is 77.6 Å². The van der Waals surface area contributed by atoms with Crippen LogP contribution >= 0.6 is 0 Å². The molecular formula is C41H29N5OPt. The average molecular weight is 803 g/mol. The maximum atomic E-state index is 6.48. The van der Waals surface area contributed by atoms with Gasteiger partial charge in [0.1, 0.15) is 11.3 Å². The van der Waals surface area contributed by atoms with Crippen LogP contribution in [-0.4, -0.2) is 23.9 Å². The van der Waals surface area contributed by atoms with Gasteiger partial charge in [0.15, 0.2) is 0 Å². The van der Waals surface area contributed by atoms with Crippen molar-refractivity contribution < 1.29 is 25.8 Å². The van der Waals surface area contributed by atoms with Crippen molar-refractivity contribution in [2.45, 2.75) is 26.2 Å². The second kappa shape index (κ2) is 11.4. The van der Waals surface area contributed by atoms with Gasteiger partial charge in [0.05, 0.1) is 16.9 Å². The number of fused-ring (bicyclic) bond motifs is 9. The molecule has 0 N–H and O–H groups in total. The first-order valence-corrected chi connectivity index (χ1v) is 15.7. The number of rotatable bonds is 4. The molecule has 0 aliphatic carbocycles. The van der Waals surface area contributed by atoms with E-state index in [-0.39, 0.29) is 26.5 Å². The summed E-state index contributed by atoms with van der Waals surface area (Å²) >= 11 is 0. The molecular weight excluding hydrogens is 774 g/mol. The second-order valence-electron chi connectivity index (χ2n) is 12.9. The zero-order chi connectivity index (χ0) is 31.7. The third kappa shape index (κ3) is 4.87. The molecule has 4 aromatic carbocycles. The molecule has 5 aromatic heterocycles. The van der Waals surface area contributed by atoms with Crippen LogP contribution in [0.15, 0.2) is 122 Å². The molecule has 6 nitrogen and oxygen atoms in total. The Hall–Kier alpha value is -5.32. The van der Waals surface area contributed by atoms with E-state index in [9.17, 15) is 0 Å². The number of nitrogens with zero attached hydrogens (tertiary/aromatic N) is 5. The van der Waals surface area contributed by atoms with Crippen LogP contribution in [0.5, 0.6) is 11.5 Å². The molecule has 0 bridgehead atoms. The standard InChI is InChI=1S/C41H29N5O.Pt/c1-41(2,3)27-16-18-32-34-15-9-21-43-39(34)46(37(32)22-27)28-12-7-13-29(23-28)47-30-17-19-31-33-14-8-20-42-38(33)45-25-36(26-10-5-4-6-11-26)44-40(45)35(31)24-30;/h4-22,25H,1-3H3;/q-2;+2. The Kier molecular flexibility index (Phi) is 7.15. The molecule has 5 heterocycles. The number of pyridine rings is 3. The molecule has 0 fully saturated rings. The van der Waals surface area contributed by atoms with E-state index in [0.29, 0.717) is 11.5 Å². The van der Waals surface area contributed by atoms with E-state index in [2.05, 4.69) is 86.0 Å². The van der Waals surface area contributed by atoms with Crippen LogP contribution in [0.3, 0.4) is 0 Å². The van der Waals surface area contributed by atoms with E-state index < -0.39 is 0 Å². The topological polar surface area (TPSA) is 57.2 Å². The largest absolute Gasteiger partial charge is 2.00 e. The van der Waals surface area contributed by atoms with Gasteiger partial charge in [-0.1, -0.05) is 91.8 Å². The zero-order valence-corrected chi connectivity index (χ0v) is 28.8. The maximum absolute atomic E-state index is 6.48. The smallest absolute Gasteiger partial charge is 0.503 e. The number of hydrogen-bond acceptors (Lipinski definition) is 4. The quantitative estimate of drug-likeness (QED) is 0.131. The van der Waals surface area contributed by atoms with Crippen LogP contribution < -0.4 is 4.74 Å². The van der Waals surface area contributed by atoms with Crippen molar-refractivity contribution in [3.8, 4) is 28.4 Å². The SMILES string of the molecule is CC(C)(C)c1ccc2c3cccnc3n(-c3[c-]c(Oc4[c-]c5c(cc4)c4cccnc4n4cc(-c6ccccc6)nc54)ccc3)c2c1.[Pt+2]. The number of hydrogen-bond donors (Lipinski definition) is 0. The van der Waals surface area contributed by atoms with E-state index in [1.54, 1.807) is 0 Å². The summed E-state index contributed by atoms with van der Waals surface area (Å²) in [6.07, 6.45) is 5.70. The minimum Gasteiger partial charge on any atom is -0.503 e. The fourth-order valence-corrected chi connectivity index (χ4v) is 6.50. The minimum atomic E-state index is 0. The Morgan fingerprint density at radius 2 is 1.38 bits per heavy atom. The van der Waals surface area contributed by atoms with Crippen LogP contribution in [-0.2, 0) is 26.5 Å². The van der Waals surface area contributed by atoms with E-state index in [4.69, 9.17) is 19.7 Å². The monoisotopic (exact) mass is 802 g/mol. The normalized spacial score (nSPS) is 11.9. The van der Waals surface area contributed by atoms with Gasteiger partial charge in [-0.3, -0.25) is 4.98 Å². The van der Waals surface area contributed by atoms with Crippen LogP contribution in [0, 0.1) is 12.1 Å². The van der Waals surface area contributed by atoms with Crippen molar-refractivity contribution in [3.05, 3.63) is 139 Å². The zero-order valence-electron chi connectivity index (χ0n) is 26.5. The number of imidazole rings is 1. The second-order valence-corrected chi connectivity index (χ2v) is 12.9. The van der Waals surface area contributed by atoms with E-state index in [1.165, 1.54) is 5.56 Å². The molecule has 0 atom stereocenters. The summed E-state index contributed by atoms with van der Waals surface area (Å²) in [6.45, 7) is 6.71. The fourth-order valence-electron chi connectivity index (χ4n) is 6.50. The molecule has 9 aromatic rings. The summed E-state index contributed by atoms with van der Waals surface area (Å²) in [7, 11) is 0. The molecule has 0 aliphatic heterocycles. The first kappa shape index (κ1) is 30.0. The molecule has 0 saturated carbocycles. The average Bonchev–Trinajstić information content (AvgIpc) is 3.69. The number of ether oxygens (including phenoxy) is 1. The molecule has 7 heteroatoms. The summed E-state index contributed by atoms with van der Waals surface area (Å²) in [5.74, 6) is 1.17. The van der Waals surface area contributed by atoms with E-state index in [0.717, 1.165) is 66.3 Å². The van der Waals surface area contributed by atoms with Gasteiger partial charge in [0.25, 0.3) is 0 Å². The fraction of sp³-hybridized carbons (Fsp3) is 0.0976. The van der Waals surface area contributed by atoms with Gasteiger partial charge in [0, 0.05) is 46.4 Å². The predicted molar refractivity (Wildman–Crippen MR) is 188 cm³/mol. The van der Waals surface area contributed by atoms with Gasteiger partial charge in [-0.25, -0.2) is 9.97 Å². The minimum absolute atomic E-state index is 0. The van der Waals surface area contributed by atoms with Gasteiger partial charge < -0.3 is 13.7 Å². The summed E-state index contributed by atoms with van der Waals surface area (Å²) in [4.78, 5) is 14.6. The van der Waals surface area contributed by atoms with Gasteiger partial charge in [-0.15, -0.1) is 30.3 Å². The molecule has 0 unspecified atom stereocenters. The Labute approximate surface area is 291 Å². The molecule has 48 heavy (non-hydrogen) atoms. The predicted octanol–water partition coefficient (Wildman–Crippen LogP) is 9.88. The van der Waals surface area contributed by atoms with Crippen molar-refractivity contribution in [1.82, 2.24) is 23.9 Å². The summed E-state index contributed by atoms with van der Waals surface area (Å²) in [5, 5.41) is 5.16. The Balaban J connectivity index is 0.00000336. The maximum Gasteiger partial charge on any atom is 2.00 e. The Bertz CT molecular complexity index is 2650. The third-order valence-corrected chi connectivity index (χ3v) is 8.83. The van der Waals surface area contributed by atoms with Crippen molar-refractivity contribution >= 4 is 49.4 Å². The van der Waals surface area contributed by atoms with Crippen molar-refractivity contribution in [2.24, 2.45) is 0 Å². The first-order chi connectivity index (χ1) is 22.9. The van der Waals surface area contributed by atoms with Crippen LogP contribution in [0.2, 0.25) is 0 Å². The van der Waals surface area contributed by atoms with Crippen molar-refractivity contribution in [1.29, 1.82) is 0 Å². The summed E-state index contributed by atoms with van der Waals surface area (Å²) in [6, 6.07) is 42.1. The molecule has 0 amide bonds. The Morgan fingerprint density at radius 1 is 0.646 bits per heavy atom.